The number of piperazine rings is 1. The van der Waals surface area contributed by atoms with Crippen molar-refractivity contribution in [2.45, 2.75) is 18.4 Å². The quantitative estimate of drug-likeness (QED) is 0.836. The molecule has 1 aliphatic heterocycles. The van der Waals surface area contributed by atoms with Crippen LogP contribution in [0.15, 0.2) is 53.4 Å². The number of aryl methyl sites for hydroxylation is 1. The largest absolute Gasteiger partial charge is 0.296 e. The summed E-state index contributed by atoms with van der Waals surface area (Å²) < 4.78 is 27.1. The smallest absolute Gasteiger partial charge is 0.243 e. The molecule has 1 heterocycles. The fraction of sp³-hybridized carbons (Fsp3) is 0.333. The van der Waals surface area contributed by atoms with Gasteiger partial charge in [-0.2, -0.15) is 4.31 Å². The van der Waals surface area contributed by atoms with Crippen molar-refractivity contribution in [3.63, 3.8) is 0 Å². The molecule has 4 nitrogen and oxygen atoms in total. The maximum atomic E-state index is 12.8. The first-order valence-corrected chi connectivity index (χ1v) is 9.81. The third kappa shape index (κ3) is 3.81. The molecule has 0 amide bonds. The average molecular weight is 365 g/mol. The van der Waals surface area contributed by atoms with E-state index in [4.69, 9.17) is 11.6 Å². The molecular weight excluding hydrogens is 344 g/mol. The predicted molar refractivity (Wildman–Crippen MR) is 96.7 cm³/mol. The van der Waals surface area contributed by atoms with Gasteiger partial charge in [0.25, 0.3) is 0 Å². The van der Waals surface area contributed by atoms with Gasteiger partial charge in [0.2, 0.25) is 10.0 Å². The Hall–Kier alpha value is -1.40. The van der Waals surface area contributed by atoms with Crippen LogP contribution in [0.25, 0.3) is 0 Å². The maximum Gasteiger partial charge on any atom is 0.243 e. The van der Waals surface area contributed by atoms with Crippen LogP contribution < -0.4 is 0 Å². The highest BCUT2D eigenvalue weighted by atomic mass is 35.5. The van der Waals surface area contributed by atoms with Crippen LogP contribution in [-0.2, 0) is 16.6 Å². The molecule has 0 saturated carbocycles. The van der Waals surface area contributed by atoms with Gasteiger partial charge in [-0.1, -0.05) is 41.9 Å². The summed E-state index contributed by atoms with van der Waals surface area (Å²) in [5.41, 5.74) is 2.03. The van der Waals surface area contributed by atoms with E-state index in [1.807, 2.05) is 25.1 Å². The summed E-state index contributed by atoms with van der Waals surface area (Å²) in [5, 5.41) is 0.585. The first-order chi connectivity index (χ1) is 11.5. The van der Waals surface area contributed by atoms with Crippen LogP contribution in [0.5, 0.6) is 0 Å². The standard InChI is InChI=1S/C18H21ClN2O2S/c1-15-13-17(7-8-18(15)19)24(22,23)21-11-9-20(10-12-21)14-16-5-3-2-4-6-16/h2-8,13H,9-12,14H2,1H3. The Morgan fingerprint density at radius 3 is 2.29 bits per heavy atom. The predicted octanol–water partition coefficient (Wildman–Crippen LogP) is 3.15. The zero-order chi connectivity index (χ0) is 17.2. The van der Waals surface area contributed by atoms with E-state index >= 15 is 0 Å². The van der Waals surface area contributed by atoms with Crippen molar-refractivity contribution in [1.29, 1.82) is 0 Å². The van der Waals surface area contributed by atoms with Crippen LogP contribution in [-0.4, -0.2) is 43.8 Å². The minimum atomic E-state index is -3.45. The second-order valence-electron chi connectivity index (χ2n) is 6.08. The molecule has 0 aliphatic carbocycles. The number of rotatable bonds is 4. The lowest BCUT2D eigenvalue weighted by molar-refractivity contribution is 0.181. The Bertz CT molecular complexity index is 801. The molecule has 1 fully saturated rings. The molecular formula is C18H21ClN2O2S. The molecule has 0 atom stereocenters. The summed E-state index contributed by atoms with van der Waals surface area (Å²) in [7, 11) is -3.45. The molecule has 2 aromatic carbocycles. The zero-order valence-corrected chi connectivity index (χ0v) is 15.2. The van der Waals surface area contributed by atoms with Crippen LogP contribution in [0.3, 0.4) is 0 Å². The summed E-state index contributed by atoms with van der Waals surface area (Å²) in [6, 6.07) is 15.1. The highest BCUT2D eigenvalue weighted by Gasteiger charge is 2.28. The normalized spacial score (nSPS) is 17.1. The third-order valence-electron chi connectivity index (χ3n) is 4.35. The van der Waals surface area contributed by atoms with Crippen LogP contribution in [0.1, 0.15) is 11.1 Å². The van der Waals surface area contributed by atoms with Gasteiger partial charge in [0, 0.05) is 37.7 Å². The van der Waals surface area contributed by atoms with Gasteiger partial charge in [-0.3, -0.25) is 4.90 Å². The van der Waals surface area contributed by atoms with Gasteiger partial charge in [0.15, 0.2) is 0 Å². The molecule has 0 radical (unpaired) electrons. The fourth-order valence-electron chi connectivity index (χ4n) is 2.90. The van der Waals surface area contributed by atoms with Crippen molar-refractivity contribution in [1.82, 2.24) is 9.21 Å². The lowest BCUT2D eigenvalue weighted by Crippen LogP contribution is -2.48. The minimum absolute atomic E-state index is 0.320. The van der Waals surface area contributed by atoms with Gasteiger partial charge in [-0.15, -0.1) is 0 Å². The summed E-state index contributed by atoms with van der Waals surface area (Å²) in [5.74, 6) is 0. The minimum Gasteiger partial charge on any atom is -0.296 e. The van der Waals surface area contributed by atoms with E-state index in [1.165, 1.54) is 5.56 Å². The lowest BCUT2D eigenvalue weighted by Gasteiger charge is -2.34. The molecule has 128 valence electrons. The van der Waals surface area contributed by atoms with Crippen LogP contribution >= 0.6 is 11.6 Å². The molecule has 0 bridgehead atoms. The summed E-state index contributed by atoms with van der Waals surface area (Å²) >= 11 is 6.00. The van der Waals surface area contributed by atoms with Crippen molar-refractivity contribution in [3.8, 4) is 0 Å². The number of sulfonamides is 1. The second kappa shape index (κ2) is 7.23. The number of nitrogens with zero attached hydrogens (tertiary/aromatic N) is 2. The Morgan fingerprint density at radius 1 is 1.00 bits per heavy atom. The van der Waals surface area contributed by atoms with E-state index in [2.05, 4.69) is 17.0 Å². The summed E-state index contributed by atoms with van der Waals surface area (Å²) in [6.45, 7) is 5.17. The Morgan fingerprint density at radius 2 is 1.67 bits per heavy atom. The zero-order valence-electron chi connectivity index (χ0n) is 13.7. The van der Waals surface area contributed by atoms with Crippen LogP contribution in [0.2, 0.25) is 5.02 Å². The molecule has 0 unspecified atom stereocenters. The first-order valence-electron chi connectivity index (χ1n) is 7.99. The van der Waals surface area contributed by atoms with E-state index in [-0.39, 0.29) is 0 Å². The Kier molecular flexibility index (Phi) is 5.25. The molecule has 3 rings (SSSR count). The molecule has 24 heavy (non-hydrogen) atoms. The number of hydrogen-bond acceptors (Lipinski definition) is 3. The van der Waals surface area contributed by atoms with E-state index in [0.717, 1.165) is 25.2 Å². The van der Waals surface area contributed by atoms with Crippen molar-refractivity contribution < 1.29 is 8.42 Å². The van der Waals surface area contributed by atoms with Gasteiger partial charge in [0.05, 0.1) is 4.90 Å². The van der Waals surface area contributed by atoms with Gasteiger partial charge in [0.1, 0.15) is 0 Å². The molecule has 1 aliphatic rings. The highest BCUT2D eigenvalue weighted by molar-refractivity contribution is 7.89. The van der Waals surface area contributed by atoms with Crippen molar-refractivity contribution in [2.75, 3.05) is 26.2 Å². The Balaban J connectivity index is 1.66. The van der Waals surface area contributed by atoms with E-state index in [0.29, 0.717) is 23.0 Å². The van der Waals surface area contributed by atoms with Crippen LogP contribution in [0.4, 0.5) is 0 Å². The third-order valence-corrected chi connectivity index (χ3v) is 6.67. The summed E-state index contributed by atoms with van der Waals surface area (Å²) in [6.07, 6.45) is 0. The van der Waals surface area contributed by atoms with Crippen molar-refractivity contribution in [3.05, 3.63) is 64.7 Å². The number of hydrogen-bond donors (Lipinski definition) is 0. The number of benzene rings is 2. The van der Waals surface area contributed by atoms with Crippen LogP contribution in [0, 0.1) is 6.92 Å². The summed E-state index contributed by atoms with van der Waals surface area (Å²) in [4.78, 5) is 2.61. The topological polar surface area (TPSA) is 40.6 Å². The number of halogens is 1. The van der Waals surface area contributed by atoms with E-state index < -0.39 is 10.0 Å². The van der Waals surface area contributed by atoms with Gasteiger partial charge in [-0.25, -0.2) is 8.42 Å². The average Bonchev–Trinajstić information content (AvgIpc) is 2.58. The molecule has 6 heteroatoms. The molecule has 2 aromatic rings. The van der Waals surface area contributed by atoms with Gasteiger partial charge < -0.3 is 0 Å². The van der Waals surface area contributed by atoms with Gasteiger partial charge in [-0.05, 0) is 36.2 Å². The maximum absolute atomic E-state index is 12.8. The van der Waals surface area contributed by atoms with E-state index in [9.17, 15) is 8.42 Å². The molecule has 0 spiro atoms. The second-order valence-corrected chi connectivity index (χ2v) is 8.42. The SMILES string of the molecule is Cc1cc(S(=O)(=O)N2CCN(Cc3ccccc3)CC2)ccc1Cl. The van der Waals surface area contributed by atoms with E-state index in [1.54, 1.807) is 22.5 Å². The first kappa shape index (κ1) is 17.4. The Labute approximate surface area is 148 Å². The van der Waals surface area contributed by atoms with Crippen molar-refractivity contribution >= 4 is 21.6 Å². The molecule has 1 saturated heterocycles. The highest BCUT2D eigenvalue weighted by Crippen LogP contribution is 2.23. The monoisotopic (exact) mass is 364 g/mol. The lowest BCUT2D eigenvalue weighted by atomic mass is 10.2. The fourth-order valence-corrected chi connectivity index (χ4v) is 4.52. The van der Waals surface area contributed by atoms with Gasteiger partial charge >= 0.3 is 0 Å². The molecule has 0 aromatic heterocycles. The van der Waals surface area contributed by atoms with Crippen molar-refractivity contribution in [2.24, 2.45) is 0 Å². The molecule has 0 N–H and O–H groups in total.